The van der Waals surface area contributed by atoms with Gasteiger partial charge >= 0.3 is 0 Å². The van der Waals surface area contributed by atoms with E-state index < -0.39 is 0 Å². The molecule has 1 N–H and O–H groups in total. The third-order valence-corrected chi connectivity index (χ3v) is 4.15. The molecule has 2 aromatic rings. The molecule has 0 spiro atoms. The van der Waals surface area contributed by atoms with Gasteiger partial charge in [-0.3, -0.25) is 4.79 Å². The molecule has 0 atom stereocenters. The molecule has 0 aliphatic carbocycles. The standard InChI is InChI=1S/C13H12ClN3O2S/c1-17-11(18)7-19-10-4-2-3-9(12(10)17)15-5-8-6-16-13(14)20-8/h2-4,6,15H,5,7H2,1H3. The molecule has 2 heterocycles. The van der Waals surface area contributed by atoms with Gasteiger partial charge in [-0.1, -0.05) is 17.7 Å². The number of carbonyl (C=O) groups excluding carboxylic acids is 1. The van der Waals surface area contributed by atoms with Crippen LogP contribution in [0.25, 0.3) is 0 Å². The third-order valence-electron chi connectivity index (χ3n) is 3.04. The number of ether oxygens (including phenoxy) is 1. The van der Waals surface area contributed by atoms with Crippen molar-refractivity contribution in [3.8, 4) is 5.75 Å². The Morgan fingerprint density at radius 2 is 2.40 bits per heavy atom. The first-order valence-corrected chi connectivity index (χ1v) is 7.21. The Morgan fingerprint density at radius 1 is 1.55 bits per heavy atom. The quantitative estimate of drug-likeness (QED) is 0.947. The first-order valence-electron chi connectivity index (χ1n) is 6.01. The number of aromatic nitrogens is 1. The maximum absolute atomic E-state index is 11.7. The van der Waals surface area contributed by atoms with Gasteiger partial charge in [0.1, 0.15) is 11.4 Å². The van der Waals surface area contributed by atoms with E-state index in [1.54, 1.807) is 18.1 Å². The molecule has 1 aromatic carbocycles. The van der Waals surface area contributed by atoms with Crippen molar-refractivity contribution in [1.29, 1.82) is 0 Å². The minimum absolute atomic E-state index is 0.0624. The topological polar surface area (TPSA) is 54.5 Å². The number of fused-ring (bicyclic) bond motifs is 1. The number of halogens is 1. The fraction of sp³-hybridized carbons (Fsp3) is 0.231. The number of benzene rings is 1. The summed E-state index contributed by atoms with van der Waals surface area (Å²) in [5.74, 6) is 0.645. The molecule has 104 valence electrons. The second-order valence-electron chi connectivity index (χ2n) is 4.33. The van der Waals surface area contributed by atoms with Crippen molar-refractivity contribution in [3.05, 3.63) is 33.7 Å². The van der Waals surface area contributed by atoms with Crippen LogP contribution in [0.2, 0.25) is 4.47 Å². The fourth-order valence-corrected chi connectivity index (χ4v) is 2.95. The highest BCUT2D eigenvalue weighted by atomic mass is 35.5. The minimum atomic E-state index is -0.0624. The molecule has 1 aliphatic heterocycles. The number of hydrogen-bond acceptors (Lipinski definition) is 5. The summed E-state index contributed by atoms with van der Waals surface area (Å²) >= 11 is 7.23. The Labute approximate surface area is 125 Å². The predicted octanol–water partition coefficient (Wildman–Crippen LogP) is 2.76. The van der Waals surface area contributed by atoms with E-state index in [0.29, 0.717) is 16.8 Å². The highest BCUT2D eigenvalue weighted by molar-refractivity contribution is 7.15. The molecular weight excluding hydrogens is 298 g/mol. The van der Waals surface area contributed by atoms with Crippen molar-refractivity contribution in [2.24, 2.45) is 0 Å². The molecule has 5 nitrogen and oxygen atoms in total. The lowest BCUT2D eigenvalue weighted by Crippen LogP contribution is -2.36. The number of nitrogens with zero attached hydrogens (tertiary/aromatic N) is 2. The molecule has 1 aliphatic rings. The minimum Gasteiger partial charge on any atom is -0.481 e. The van der Waals surface area contributed by atoms with Gasteiger partial charge in [-0.25, -0.2) is 4.98 Å². The van der Waals surface area contributed by atoms with Gasteiger partial charge in [0.25, 0.3) is 5.91 Å². The largest absolute Gasteiger partial charge is 0.481 e. The monoisotopic (exact) mass is 309 g/mol. The number of carbonyl (C=O) groups is 1. The maximum atomic E-state index is 11.7. The summed E-state index contributed by atoms with van der Waals surface area (Å²) in [7, 11) is 1.75. The number of anilines is 2. The van der Waals surface area contributed by atoms with Crippen molar-refractivity contribution in [2.75, 3.05) is 23.9 Å². The Hall–Kier alpha value is -1.79. The van der Waals surface area contributed by atoms with Crippen molar-refractivity contribution in [3.63, 3.8) is 0 Å². The van der Waals surface area contributed by atoms with E-state index in [-0.39, 0.29) is 12.5 Å². The number of likely N-dealkylation sites (N-methyl/N-ethyl adjacent to an activating group) is 1. The summed E-state index contributed by atoms with van der Waals surface area (Å²) in [5.41, 5.74) is 1.61. The van der Waals surface area contributed by atoms with E-state index in [1.807, 2.05) is 18.2 Å². The normalized spacial score (nSPS) is 13.9. The Balaban J connectivity index is 1.85. The SMILES string of the molecule is CN1C(=O)COc2cccc(NCc3cnc(Cl)s3)c21. The molecular formula is C13H12ClN3O2S. The van der Waals surface area contributed by atoms with Crippen molar-refractivity contribution < 1.29 is 9.53 Å². The van der Waals surface area contributed by atoms with Crippen LogP contribution in [-0.2, 0) is 11.3 Å². The molecule has 0 saturated heterocycles. The highest BCUT2D eigenvalue weighted by Crippen LogP contribution is 2.38. The lowest BCUT2D eigenvalue weighted by molar-refractivity contribution is -0.120. The van der Waals surface area contributed by atoms with E-state index >= 15 is 0 Å². The van der Waals surface area contributed by atoms with Crippen molar-refractivity contribution >= 4 is 40.2 Å². The second-order valence-corrected chi connectivity index (χ2v) is 6.02. The molecule has 1 amide bonds. The molecule has 1 aromatic heterocycles. The molecule has 3 rings (SSSR count). The number of para-hydroxylation sites is 1. The van der Waals surface area contributed by atoms with Crippen LogP contribution < -0.4 is 15.0 Å². The summed E-state index contributed by atoms with van der Waals surface area (Å²) in [6.07, 6.45) is 1.74. The van der Waals surface area contributed by atoms with Crippen LogP contribution in [0.15, 0.2) is 24.4 Å². The second kappa shape index (κ2) is 5.30. The van der Waals surface area contributed by atoms with Gasteiger partial charge in [-0.15, -0.1) is 11.3 Å². The summed E-state index contributed by atoms with van der Waals surface area (Å²) in [6, 6.07) is 5.66. The van der Waals surface area contributed by atoms with Gasteiger partial charge in [-0.2, -0.15) is 0 Å². The zero-order valence-electron chi connectivity index (χ0n) is 10.7. The van der Waals surface area contributed by atoms with Gasteiger partial charge in [-0.05, 0) is 12.1 Å². The number of thiazole rings is 1. The smallest absolute Gasteiger partial charge is 0.264 e. The fourth-order valence-electron chi connectivity index (χ4n) is 2.04. The van der Waals surface area contributed by atoms with Gasteiger partial charge < -0.3 is 15.0 Å². The number of hydrogen-bond donors (Lipinski definition) is 1. The van der Waals surface area contributed by atoms with Crippen LogP contribution in [-0.4, -0.2) is 24.5 Å². The van der Waals surface area contributed by atoms with E-state index in [9.17, 15) is 4.79 Å². The number of amides is 1. The van der Waals surface area contributed by atoms with Gasteiger partial charge in [0.15, 0.2) is 11.1 Å². The average Bonchev–Trinajstić information content (AvgIpc) is 2.86. The third kappa shape index (κ3) is 2.44. The van der Waals surface area contributed by atoms with E-state index in [2.05, 4.69) is 10.3 Å². The van der Waals surface area contributed by atoms with Gasteiger partial charge in [0.05, 0.1) is 12.2 Å². The molecule has 0 unspecified atom stereocenters. The Bertz CT molecular complexity index is 659. The molecule has 0 bridgehead atoms. The summed E-state index contributed by atoms with van der Waals surface area (Å²) in [6.45, 7) is 0.681. The lowest BCUT2D eigenvalue weighted by Gasteiger charge is -2.28. The molecule has 7 heteroatoms. The summed E-state index contributed by atoms with van der Waals surface area (Å²) in [5, 5.41) is 3.29. The van der Waals surface area contributed by atoms with Crippen LogP contribution in [0, 0.1) is 0 Å². The number of nitrogens with one attached hydrogen (secondary N) is 1. The molecule has 0 saturated carbocycles. The Kier molecular flexibility index (Phi) is 3.50. The lowest BCUT2D eigenvalue weighted by atomic mass is 10.2. The molecule has 0 fully saturated rings. The first kappa shape index (κ1) is 13.2. The van der Waals surface area contributed by atoms with E-state index in [1.165, 1.54) is 11.3 Å². The van der Waals surface area contributed by atoms with Gasteiger partial charge in [0.2, 0.25) is 0 Å². The van der Waals surface area contributed by atoms with E-state index in [0.717, 1.165) is 16.3 Å². The summed E-state index contributed by atoms with van der Waals surface area (Å²) < 4.78 is 5.96. The van der Waals surface area contributed by atoms with Crippen LogP contribution >= 0.6 is 22.9 Å². The van der Waals surface area contributed by atoms with Crippen molar-refractivity contribution in [2.45, 2.75) is 6.54 Å². The molecule has 0 radical (unpaired) electrons. The number of rotatable bonds is 3. The van der Waals surface area contributed by atoms with Gasteiger partial charge in [0, 0.05) is 18.1 Å². The van der Waals surface area contributed by atoms with E-state index in [4.69, 9.17) is 16.3 Å². The first-order chi connectivity index (χ1) is 9.65. The predicted molar refractivity (Wildman–Crippen MR) is 79.8 cm³/mol. The average molecular weight is 310 g/mol. The Morgan fingerprint density at radius 3 is 3.15 bits per heavy atom. The zero-order valence-corrected chi connectivity index (χ0v) is 12.3. The highest BCUT2D eigenvalue weighted by Gasteiger charge is 2.24. The maximum Gasteiger partial charge on any atom is 0.264 e. The van der Waals surface area contributed by atoms with Crippen molar-refractivity contribution in [1.82, 2.24) is 4.98 Å². The van der Waals surface area contributed by atoms with Crippen LogP contribution in [0.5, 0.6) is 5.75 Å². The van der Waals surface area contributed by atoms with Crippen LogP contribution in [0.4, 0.5) is 11.4 Å². The zero-order chi connectivity index (χ0) is 14.1. The summed E-state index contributed by atoms with van der Waals surface area (Å²) in [4.78, 5) is 18.4. The van der Waals surface area contributed by atoms with Crippen LogP contribution in [0.1, 0.15) is 4.88 Å². The molecule has 20 heavy (non-hydrogen) atoms. The van der Waals surface area contributed by atoms with Crippen LogP contribution in [0.3, 0.4) is 0 Å².